The highest BCUT2D eigenvalue weighted by Crippen LogP contribution is 2.30. The Kier molecular flexibility index (Phi) is 5.02. The minimum Gasteiger partial charge on any atom is -0.342 e. The molecule has 1 aromatic carbocycles. The molecule has 2 atom stereocenters. The van der Waals surface area contributed by atoms with Crippen LogP contribution in [0.5, 0.6) is 0 Å². The summed E-state index contributed by atoms with van der Waals surface area (Å²) in [6, 6.07) is 5.13. The first-order valence-corrected chi connectivity index (χ1v) is 11.3. The van der Waals surface area contributed by atoms with Crippen molar-refractivity contribution in [1.29, 1.82) is 0 Å². The van der Waals surface area contributed by atoms with Crippen LogP contribution in [0, 0.1) is 5.82 Å². The third-order valence-corrected chi connectivity index (χ3v) is 7.33. The van der Waals surface area contributed by atoms with Gasteiger partial charge < -0.3 is 15.2 Å². The number of thioether (sulfide) groups is 1. The zero-order chi connectivity index (χ0) is 19.1. The Balaban J connectivity index is 1.17. The van der Waals surface area contributed by atoms with E-state index in [9.17, 15) is 9.18 Å². The average Bonchev–Trinajstić information content (AvgIpc) is 3.47. The summed E-state index contributed by atoms with van der Waals surface area (Å²) in [6.45, 7) is 3.82. The molecule has 0 bridgehead atoms. The number of benzene rings is 1. The van der Waals surface area contributed by atoms with Gasteiger partial charge >= 0.3 is 0 Å². The average molecular weight is 404 g/mol. The van der Waals surface area contributed by atoms with Crippen LogP contribution in [0.2, 0.25) is 0 Å². The fourth-order valence-electron chi connectivity index (χ4n) is 4.72. The lowest BCUT2D eigenvalue weighted by atomic mass is 9.94. The Bertz CT molecular complexity index is 859. The Morgan fingerprint density at radius 1 is 1.25 bits per heavy atom. The van der Waals surface area contributed by atoms with E-state index in [0.29, 0.717) is 12.0 Å². The van der Waals surface area contributed by atoms with Crippen molar-refractivity contribution in [2.45, 2.75) is 37.3 Å². The number of hydrogen-bond acceptors (Lipinski definition) is 5. The number of likely N-dealkylation sites (tertiary alicyclic amines) is 1. The number of aromatic nitrogens is 2. The van der Waals surface area contributed by atoms with Crippen molar-refractivity contribution < 1.29 is 9.18 Å². The molecule has 2 N–H and O–H groups in total. The third-order valence-electron chi connectivity index (χ3n) is 6.36. The molecule has 8 heteroatoms. The molecule has 3 aliphatic heterocycles. The molecule has 0 unspecified atom stereocenters. The second-order valence-electron chi connectivity index (χ2n) is 8.08. The first-order chi connectivity index (χ1) is 13.7. The summed E-state index contributed by atoms with van der Waals surface area (Å²) in [6.07, 6.45) is 2.99. The number of amides is 1. The molecule has 0 spiro atoms. The van der Waals surface area contributed by atoms with Crippen molar-refractivity contribution in [3.63, 3.8) is 0 Å². The fraction of sp³-hybridized carbons (Fsp3) is 0.600. The summed E-state index contributed by atoms with van der Waals surface area (Å²) >= 11 is 1.84. The second-order valence-corrected chi connectivity index (χ2v) is 9.16. The van der Waals surface area contributed by atoms with Gasteiger partial charge in [-0.25, -0.2) is 9.37 Å². The number of carbonyl (C=O) groups excluding carboxylic acids is 1. The number of fused-ring (bicyclic) bond motifs is 1. The molecule has 4 heterocycles. The lowest BCUT2D eigenvalue weighted by Gasteiger charge is -2.35. The number of hydrogen-bond donors (Lipinski definition) is 2. The van der Waals surface area contributed by atoms with Crippen LogP contribution in [0.15, 0.2) is 18.2 Å². The van der Waals surface area contributed by atoms with Crippen molar-refractivity contribution in [3.8, 4) is 0 Å². The zero-order valence-electron chi connectivity index (χ0n) is 15.9. The topological polar surface area (TPSA) is 64.3 Å². The number of aromatic amines is 1. The van der Waals surface area contributed by atoms with Gasteiger partial charge in [-0.15, -0.1) is 11.8 Å². The van der Waals surface area contributed by atoms with Gasteiger partial charge in [0.1, 0.15) is 11.6 Å². The lowest BCUT2D eigenvalue weighted by Crippen LogP contribution is -2.42. The van der Waals surface area contributed by atoms with Gasteiger partial charge in [0, 0.05) is 30.8 Å². The normalized spacial score (nSPS) is 27.1. The van der Waals surface area contributed by atoms with Gasteiger partial charge in [0.15, 0.2) is 0 Å². The highest BCUT2D eigenvalue weighted by Gasteiger charge is 2.37. The quantitative estimate of drug-likeness (QED) is 0.822. The van der Waals surface area contributed by atoms with Gasteiger partial charge in [0.25, 0.3) is 0 Å². The number of nitrogens with one attached hydrogen (secondary N) is 2. The molecule has 3 aliphatic rings. The van der Waals surface area contributed by atoms with Crippen molar-refractivity contribution in [1.82, 2.24) is 25.1 Å². The van der Waals surface area contributed by atoms with Crippen LogP contribution in [0.1, 0.15) is 31.0 Å². The van der Waals surface area contributed by atoms with Crippen LogP contribution >= 0.6 is 11.8 Å². The maximum atomic E-state index is 13.4. The highest BCUT2D eigenvalue weighted by atomic mass is 32.2. The van der Waals surface area contributed by atoms with Gasteiger partial charge in [0.2, 0.25) is 5.91 Å². The van der Waals surface area contributed by atoms with Crippen molar-refractivity contribution in [2.75, 3.05) is 37.8 Å². The van der Waals surface area contributed by atoms with E-state index in [4.69, 9.17) is 0 Å². The Labute approximate surface area is 168 Å². The molecule has 150 valence electrons. The molecule has 2 aromatic rings. The van der Waals surface area contributed by atoms with E-state index in [2.05, 4.69) is 20.2 Å². The summed E-state index contributed by atoms with van der Waals surface area (Å²) < 4.78 is 13.4. The largest absolute Gasteiger partial charge is 0.342 e. The standard InChI is InChI=1S/C20H26FN5OS/c21-14-1-2-16-17(9-14)24-19(23-16)13-3-5-25(6-4-13)15-10-18(22-11-15)20(27)26-7-8-28-12-26/h1-2,9,13,15,18,22H,3-8,10-12H2,(H,23,24)/t15-,18-/m0/s1. The monoisotopic (exact) mass is 403 g/mol. The fourth-order valence-corrected chi connectivity index (χ4v) is 5.68. The highest BCUT2D eigenvalue weighted by molar-refractivity contribution is 7.99. The predicted molar refractivity (Wildman–Crippen MR) is 109 cm³/mol. The summed E-state index contributed by atoms with van der Waals surface area (Å²) in [4.78, 5) is 25.1. The van der Waals surface area contributed by atoms with E-state index in [-0.39, 0.29) is 17.8 Å². The molecular weight excluding hydrogens is 377 g/mol. The van der Waals surface area contributed by atoms with Crippen molar-refractivity contribution >= 4 is 28.7 Å². The molecule has 3 saturated heterocycles. The smallest absolute Gasteiger partial charge is 0.240 e. The zero-order valence-corrected chi connectivity index (χ0v) is 16.7. The number of carbonyl (C=O) groups is 1. The molecular formula is C20H26FN5OS. The molecule has 1 aromatic heterocycles. The molecule has 3 fully saturated rings. The number of H-pyrrole nitrogens is 1. The van der Waals surface area contributed by atoms with Crippen molar-refractivity contribution in [2.24, 2.45) is 0 Å². The van der Waals surface area contributed by atoms with Gasteiger partial charge in [-0.2, -0.15) is 0 Å². The molecule has 6 nitrogen and oxygen atoms in total. The predicted octanol–water partition coefficient (Wildman–Crippen LogP) is 2.14. The maximum Gasteiger partial charge on any atom is 0.240 e. The van der Waals surface area contributed by atoms with Crippen LogP contribution in [0.25, 0.3) is 11.0 Å². The molecule has 0 radical (unpaired) electrons. The van der Waals surface area contributed by atoms with E-state index in [1.165, 1.54) is 12.1 Å². The van der Waals surface area contributed by atoms with Gasteiger partial charge in [-0.3, -0.25) is 9.69 Å². The number of imidazole rings is 1. The van der Waals surface area contributed by atoms with E-state index in [1.54, 1.807) is 6.07 Å². The van der Waals surface area contributed by atoms with E-state index >= 15 is 0 Å². The van der Waals surface area contributed by atoms with Crippen LogP contribution in [0.4, 0.5) is 4.39 Å². The maximum absolute atomic E-state index is 13.4. The van der Waals surface area contributed by atoms with Crippen molar-refractivity contribution in [3.05, 3.63) is 29.8 Å². The Morgan fingerprint density at radius 3 is 2.89 bits per heavy atom. The minimum atomic E-state index is -0.233. The first kappa shape index (κ1) is 18.4. The molecule has 5 rings (SSSR count). The number of nitrogens with zero attached hydrogens (tertiary/aromatic N) is 3. The summed E-state index contributed by atoms with van der Waals surface area (Å²) in [7, 11) is 0. The molecule has 28 heavy (non-hydrogen) atoms. The summed E-state index contributed by atoms with van der Waals surface area (Å²) in [5.41, 5.74) is 1.61. The lowest BCUT2D eigenvalue weighted by molar-refractivity contribution is -0.131. The van der Waals surface area contributed by atoms with Crippen LogP contribution < -0.4 is 5.32 Å². The number of piperidine rings is 1. The second kappa shape index (κ2) is 7.65. The molecule has 1 amide bonds. The third kappa shape index (κ3) is 3.53. The summed E-state index contributed by atoms with van der Waals surface area (Å²) in [5.74, 6) is 3.31. The Morgan fingerprint density at radius 2 is 2.11 bits per heavy atom. The van der Waals surface area contributed by atoms with Gasteiger partial charge in [-0.1, -0.05) is 0 Å². The molecule has 0 saturated carbocycles. The Hall–Kier alpha value is -1.64. The number of rotatable bonds is 3. The van der Waals surface area contributed by atoms with Gasteiger partial charge in [0.05, 0.1) is 23.0 Å². The summed E-state index contributed by atoms with van der Waals surface area (Å²) in [5, 5.41) is 3.45. The first-order valence-electron chi connectivity index (χ1n) is 10.2. The SMILES string of the molecule is O=C([C@@H]1C[C@H](N2CCC(c3nc4ccc(F)cc4[nH]3)CC2)CN1)N1CCSC1. The van der Waals surface area contributed by atoms with E-state index in [0.717, 1.165) is 73.9 Å². The van der Waals surface area contributed by atoms with Crippen LogP contribution in [-0.4, -0.2) is 75.6 Å². The van der Waals surface area contributed by atoms with E-state index < -0.39 is 0 Å². The van der Waals surface area contributed by atoms with E-state index in [1.807, 2.05) is 16.7 Å². The van der Waals surface area contributed by atoms with Crippen LogP contribution in [0.3, 0.4) is 0 Å². The van der Waals surface area contributed by atoms with Crippen LogP contribution in [-0.2, 0) is 4.79 Å². The number of halogens is 1. The minimum absolute atomic E-state index is 0.0216. The molecule has 0 aliphatic carbocycles. The van der Waals surface area contributed by atoms with Gasteiger partial charge in [-0.05, 0) is 50.6 Å².